The molecule has 0 saturated carbocycles. The van der Waals surface area contributed by atoms with Gasteiger partial charge in [0.1, 0.15) is 0 Å². The standard InChI is InChI=1S/C25H34.C3H8.C2H6/c1-3-5-7-13-19-25(20-14-8-6-4-2)23-17-11-9-15-21(23)22-16-10-12-18-24(22)25;1-3-2;1-2/h9-12,15-18H,3-8,13-14,19-20H2,1-2H3;3H2,1-2H3;1-2H3. The summed E-state index contributed by atoms with van der Waals surface area (Å²) in [6.45, 7) is 12.9. The molecule has 0 nitrogen and oxygen atoms in total. The van der Waals surface area contributed by atoms with Crippen LogP contribution in [0.2, 0.25) is 0 Å². The normalized spacial score (nSPS) is 12.7. The monoisotopic (exact) mass is 408 g/mol. The molecular weight excluding hydrogens is 360 g/mol. The third-order valence-electron chi connectivity index (χ3n) is 6.09. The lowest BCUT2D eigenvalue weighted by Crippen LogP contribution is -2.25. The molecule has 0 spiro atoms. The van der Waals surface area contributed by atoms with Crippen LogP contribution in [0.25, 0.3) is 11.1 Å². The maximum Gasteiger partial charge on any atom is 0.0215 e. The van der Waals surface area contributed by atoms with E-state index in [1.54, 1.807) is 11.1 Å². The third-order valence-corrected chi connectivity index (χ3v) is 6.09. The van der Waals surface area contributed by atoms with E-state index in [-0.39, 0.29) is 5.41 Å². The van der Waals surface area contributed by atoms with Crippen molar-refractivity contribution in [1.82, 2.24) is 0 Å². The zero-order chi connectivity index (χ0) is 22.2. The predicted molar refractivity (Wildman–Crippen MR) is 137 cm³/mol. The van der Waals surface area contributed by atoms with E-state index in [2.05, 4.69) is 76.2 Å². The Morgan fingerprint density at radius 2 is 0.900 bits per heavy atom. The minimum Gasteiger partial charge on any atom is -0.0683 e. The lowest BCUT2D eigenvalue weighted by atomic mass is 9.70. The van der Waals surface area contributed by atoms with Gasteiger partial charge in [-0.3, -0.25) is 0 Å². The zero-order valence-electron chi connectivity index (χ0n) is 20.9. The largest absolute Gasteiger partial charge is 0.0683 e. The quantitative estimate of drug-likeness (QED) is 0.343. The summed E-state index contributed by atoms with van der Waals surface area (Å²) in [4.78, 5) is 0. The first-order valence-electron chi connectivity index (χ1n) is 12.9. The van der Waals surface area contributed by atoms with Gasteiger partial charge in [0.2, 0.25) is 0 Å². The van der Waals surface area contributed by atoms with Gasteiger partial charge >= 0.3 is 0 Å². The SMILES string of the molecule is CC.CCC.CCCCCCC1(CCCCCC)c2ccccc2-c2ccccc21. The van der Waals surface area contributed by atoms with Crippen LogP contribution in [0.1, 0.15) is 123 Å². The Bertz CT molecular complexity index is 622. The molecule has 0 bridgehead atoms. The summed E-state index contributed by atoms with van der Waals surface area (Å²) < 4.78 is 0. The Morgan fingerprint density at radius 1 is 0.533 bits per heavy atom. The van der Waals surface area contributed by atoms with Crippen molar-refractivity contribution in [3.8, 4) is 11.1 Å². The van der Waals surface area contributed by atoms with Crippen molar-refractivity contribution in [3.63, 3.8) is 0 Å². The van der Waals surface area contributed by atoms with E-state index in [1.807, 2.05) is 13.8 Å². The molecule has 0 heterocycles. The predicted octanol–water partition coefficient (Wildman–Crippen LogP) is 10.3. The molecule has 0 N–H and O–H groups in total. The highest BCUT2D eigenvalue weighted by Gasteiger charge is 2.41. The third kappa shape index (κ3) is 6.73. The van der Waals surface area contributed by atoms with Crippen molar-refractivity contribution >= 4 is 0 Å². The van der Waals surface area contributed by atoms with Gasteiger partial charge in [0.05, 0.1) is 0 Å². The van der Waals surface area contributed by atoms with Gasteiger partial charge in [0.15, 0.2) is 0 Å². The lowest BCUT2D eigenvalue weighted by molar-refractivity contribution is 0.401. The Balaban J connectivity index is 0.000000826. The summed E-state index contributed by atoms with van der Waals surface area (Å²) in [5.74, 6) is 0. The summed E-state index contributed by atoms with van der Waals surface area (Å²) in [5.41, 5.74) is 6.44. The minimum atomic E-state index is 0.259. The Kier molecular flexibility index (Phi) is 13.5. The second-order valence-electron chi connectivity index (χ2n) is 8.50. The first-order valence-corrected chi connectivity index (χ1v) is 12.9. The second kappa shape index (κ2) is 15.3. The van der Waals surface area contributed by atoms with Crippen molar-refractivity contribution in [2.75, 3.05) is 0 Å². The molecule has 0 aliphatic heterocycles. The highest BCUT2D eigenvalue weighted by molar-refractivity contribution is 5.80. The number of fused-ring (bicyclic) bond motifs is 3. The topological polar surface area (TPSA) is 0 Å². The van der Waals surface area contributed by atoms with Gasteiger partial charge in [-0.1, -0.05) is 148 Å². The van der Waals surface area contributed by atoms with Crippen LogP contribution in [0.15, 0.2) is 48.5 Å². The Hall–Kier alpha value is -1.56. The van der Waals surface area contributed by atoms with Gasteiger partial charge in [0.25, 0.3) is 0 Å². The molecule has 0 unspecified atom stereocenters. The van der Waals surface area contributed by atoms with Crippen molar-refractivity contribution in [3.05, 3.63) is 59.7 Å². The van der Waals surface area contributed by atoms with Gasteiger partial charge in [-0.05, 0) is 35.1 Å². The fourth-order valence-corrected chi connectivity index (χ4v) is 4.79. The average molecular weight is 409 g/mol. The molecule has 3 rings (SSSR count). The van der Waals surface area contributed by atoms with E-state index in [1.165, 1.54) is 81.8 Å². The van der Waals surface area contributed by atoms with Crippen LogP contribution in [0, 0.1) is 0 Å². The maximum atomic E-state index is 2.41. The van der Waals surface area contributed by atoms with Crippen LogP contribution in [0.5, 0.6) is 0 Å². The molecule has 0 radical (unpaired) electrons. The Morgan fingerprint density at radius 3 is 1.27 bits per heavy atom. The van der Waals surface area contributed by atoms with E-state index < -0.39 is 0 Å². The highest BCUT2D eigenvalue weighted by atomic mass is 14.4. The van der Waals surface area contributed by atoms with Crippen LogP contribution in [0.4, 0.5) is 0 Å². The van der Waals surface area contributed by atoms with Gasteiger partial charge in [0, 0.05) is 5.41 Å². The lowest BCUT2D eigenvalue weighted by Gasteiger charge is -2.33. The van der Waals surface area contributed by atoms with Crippen LogP contribution >= 0.6 is 0 Å². The molecular formula is C30H48. The van der Waals surface area contributed by atoms with Crippen LogP contribution in [-0.2, 0) is 5.41 Å². The molecule has 30 heavy (non-hydrogen) atoms. The Labute approximate surface area is 188 Å². The fraction of sp³-hybridized carbons (Fsp3) is 0.600. The van der Waals surface area contributed by atoms with Gasteiger partial charge in [-0.15, -0.1) is 0 Å². The minimum absolute atomic E-state index is 0.259. The van der Waals surface area contributed by atoms with Crippen LogP contribution in [0.3, 0.4) is 0 Å². The molecule has 0 saturated heterocycles. The fourth-order valence-electron chi connectivity index (χ4n) is 4.79. The molecule has 168 valence electrons. The van der Waals surface area contributed by atoms with Gasteiger partial charge in [-0.2, -0.15) is 0 Å². The van der Waals surface area contributed by atoms with Gasteiger partial charge < -0.3 is 0 Å². The van der Waals surface area contributed by atoms with E-state index >= 15 is 0 Å². The second-order valence-corrected chi connectivity index (χ2v) is 8.50. The number of benzene rings is 2. The van der Waals surface area contributed by atoms with E-state index in [0.29, 0.717) is 0 Å². The number of hydrogen-bond acceptors (Lipinski definition) is 0. The van der Waals surface area contributed by atoms with Crippen molar-refractivity contribution in [1.29, 1.82) is 0 Å². The van der Waals surface area contributed by atoms with E-state index in [9.17, 15) is 0 Å². The smallest absolute Gasteiger partial charge is 0.0215 e. The van der Waals surface area contributed by atoms with Gasteiger partial charge in [-0.25, -0.2) is 0 Å². The summed E-state index contributed by atoms with van der Waals surface area (Å²) in [5, 5.41) is 0. The molecule has 2 aromatic carbocycles. The highest BCUT2D eigenvalue weighted by Crippen LogP contribution is 2.53. The van der Waals surface area contributed by atoms with E-state index in [4.69, 9.17) is 0 Å². The number of hydrogen-bond donors (Lipinski definition) is 0. The van der Waals surface area contributed by atoms with Crippen molar-refractivity contribution < 1.29 is 0 Å². The summed E-state index contributed by atoms with van der Waals surface area (Å²) in [6, 6.07) is 18.4. The van der Waals surface area contributed by atoms with Crippen molar-refractivity contribution in [2.45, 2.75) is 118 Å². The number of unbranched alkanes of at least 4 members (excludes halogenated alkanes) is 6. The molecule has 0 aromatic heterocycles. The summed E-state index contributed by atoms with van der Waals surface area (Å²) >= 11 is 0. The van der Waals surface area contributed by atoms with Crippen molar-refractivity contribution in [2.24, 2.45) is 0 Å². The molecule has 0 atom stereocenters. The van der Waals surface area contributed by atoms with E-state index in [0.717, 1.165) is 0 Å². The summed E-state index contributed by atoms with van der Waals surface area (Å²) in [7, 11) is 0. The molecule has 0 fully saturated rings. The summed E-state index contributed by atoms with van der Waals surface area (Å²) in [6.07, 6.45) is 14.7. The molecule has 1 aliphatic rings. The maximum absolute atomic E-state index is 2.41. The zero-order valence-corrected chi connectivity index (χ0v) is 20.9. The first kappa shape index (κ1) is 26.5. The first-order chi connectivity index (χ1) is 14.7. The van der Waals surface area contributed by atoms with Crippen LogP contribution in [-0.4, -0.2) is 0 Å². The number of rotatable bonds is 10. The van der Waals surface area contributed by atoms with Crippen LogP contribution < -0.4 is 0 Å². The molecule has 0 amide bonds. The molecule has 0 heteroatoms. The molecule has 2 aromatic rings. The average Bonchev–Trinajstić information content (AvgIpc) is 3.07. The molecule has 1 aliphatic carbocycles.